The zero-order valence-corrected chi connectivity index (χ0v) is 15.6. The molecular formula is C17H22Cl2N4O2. The van der Waals surface area contributed by atoms with Crippen LogP contribution in [0.25, 0.3) is 0 Å². The van der Waals surface area contributed by atoms with Crippen molar-refractivity contribution in [3.8, 4) is 5.75 Å². The van der Waals surface area contributed by atoms with E-state index in [-0.39, 0.29) is 30.7 Å². The SMILES string of the molecule is COc1ccccc1N1CCN(C(=O)c2ccc(N)cn2)CC1.Cl.Cl. The van der Waals surface area contributed by atoms with Crippen LogP contribution in [0.5, 0.6) is 5.75 Å². The van der Waals surface area contributed by atoms with Crippen molar-refractivity contribution in [2.75, 3.05) is 43.9 Å². The van der Waals surface area contributed by atoms with E-state index in [1.807, 2.05) is 29.2 Å². The van der Waals surface area contributed by atoms with Gasteiger partial charge in [-0.25, -0.2) is 4.98 Å². The predicted octanol–water partition coefficient (Wildman–Crippen LogP) is 2.48. The molecule has 0 bridgehead atoms. The van der Waals surface area contributed by atoms with Gasteiger partial charge in [0, 0.05) is 26.2 Å². The van der Waals surface area contributed by atoms with Gasteiger partial charge >= 0.3 is 0 Å². The monoisotopic (exact) mass is 384 g/mol. The van der Waals surface area contributed by atoms with Gasteiger partial charge in [0.1, 0.15) is 11.4 Å². The number of amides is 1. The summed E-state index contributed by atoms with van der Waals surface area (Å²) < 4.78 is 5.41. The summed E-state index contributed by atoms with van der Waals surface area (Å²) in [6.07, 6.45) is 1.51. The van der Waals surface area contributed by atoms with Gasteiger partial charge in [-0.1, -0.05) is 12.1 Å². The van der Waals surface area contributed by atoms with E-state index in [4.69, 9.17) is 10.5 Å². The lowest BCUT2D eigenvalue weighted by Gasteiger charge is -2.36. The quantitative estimate of drug-likeness (QED) is 0.879. The normalized spacial score (nSPS) is 13.5. The van der Waals surface area contributed by atoms with Gasteiger partial charge in [0.25, 0.3) is 5.91 Å². The van der Waals surface area contributed by atoms with Crippen LogP contribution in [-0.2, 0) is 0 Å². The number of para-hydroxylation sites is 2. The Morgan fingerprint density at radius 1 is 1.08 bits per heavy atom. The summed E-state index contributed by atoms with van der Waals surface area (Å²) in [6.45, 7) is 2.84. The molecule has 6 nitrogen and oxygen atoms in total. The molecule has 3 rings (SSSR count). The van der Waals surface area contributed by atoms with Crippen LogP contribution in [0, 0.1) is 0 Å². The molecule has 2 N–H and O–H groups in total. The molecule has 1 amide bonds. The van der Waals surface area contributed by atoms with Crippen LogP contribution in [-0.4, -0.2) is 49.1 Å². The lowest BCUT2D eigenvalue weighted by Crippen LogP contribution is -2.49. The van der Waals surface area contributed by atoms with Gasteiger partial charge in [0.15, 0.2) is 0 Å². The number of pyridine rings is 1. The minimum atomic E-state index is -0.0512. The third-order valence-corrected chi connectivity index (χ3v) is 4.00. The largest absolute Gasteiger partial charge is 0.495 e. The number of aromatic nitrogens is 1. The Morgan fingerprint density at radius 2 is 1.76 bits per heavy atom. The van der Waals surface area contributed by atoms with Crippen LogP contribution in [0.3, 0.4) is 0 Å². The number of carbonyl (C=O) groups excluding carboxylic acids is 1. The standard InChI is InChI=1S/C17H20N4O2.2ClH/c1-23-16-5-3-2-4-15(16)20-8-10-21(11-9-20)17(22)14-7-6-13(18)12-19-14;;/h2-7,12H,8-11,18H2,1H3;2*1H. The molecule has 0 radical (unpaired) electrons. The highest BCUT2D eigenvalue weighted by atomic mass is 35.5. The van der Waals surface area contributed by atoms with Crippen LogP contribution < -0.4 is 15.4 Å². The molecule has 1 saturated heterocycles. The van der Waals surface area contributed by atoms with Gasteiger partial charge in [-0.2, -0.15) is 0 Å². The molecule has 1 aromatic heterocycles. The molecule has 136 valence electrons. The topological polar surface area (TPSA) is 71.7 Å². The number of nitrogens with zero attached hydrogens (tertiary/aromatic N) is 3. The van der Waals surface area contributed by atoms with E-state index in [1.54, 1.807) is 19.2 Å². The lowest BCUT2D eigenvalue weighted by molar-refractivity contribution is 0.0741. The molecule has 8 heteroatoms. The summed E-state index contributed by atoms with van der Waals surface area (Å²) in [5.41, 5.74) is 7.67. The Labute approximate surface area is 159 Å². The van der Waals surface area contributed by atoms with Crippen molar-refractivity contribution < 1.29 is 9.53 Å². The molecule has 25 heavy (non-hydrogen) atoms. The number of ether oxygens (including phenoxy) is 1. The Hall–Kier alpha value is -2.18. The molecule has 1 fully saturated rings. The third kappa shape index (κ3) is 4.67. The molecule has 2 heterocycles. The Bertz CT molecular complexity index is 689. The third-order valence-electron chi connectivity index (χ3n) is 4.00. The highest BCUT2D eigenvalue weighted by molar-refractivity contribution is 5.92. The molecule has 1 aromatic carbocycles. The van der Waals surface area contributed by atoms with Crippen molar-refractivity contribution in [2.24, 2.45) is 0 Å². The number of rotatable bonds is 3. The molecular weight excluding hydrogens is 363 g/mol. The molecule has 0 aliphatic carbocycles. The van der Waals surface area contributed by atoms with Crippen LogP contribution in [0.4, 0.5) is 11.4 Å². The fourth-order valence-corrected chi connectivity index (χ4v) is 2.74. The number of halogens is 2. The number of hydrogen-bond donors (Lipinski definition) is 1. The summed E-state index contributed by atoms with van der Waals surface area (Å²) >= 11 is 0. The first-order valence-corrected chi connectivity index (χ1v) is 7.58. The molecule has 0 saturated carbocycles. The average molecular weight is 385 g/mol. The van der Waals surface area contributed by atoms with Crippen molar-refractivity contribution in [2.45, 2.75) is 0 Å². The van der Waals surface area contributed by atoms with Gasteiger partial charge in [-0.15, -0.1) is 24.8 Å². The minimum Gasteiger partial charge on any atom is -0.495 e. The van der Waals surface area contributed by atoms with Crippen LogP contribution in [0.1, 0.15) is 10.5 Å². The molecule has 0 unspecified atom stereocenters. The van der Waals surface area contributed by atoms with Crippen molar-refractivity contribution in [1.29, 1.82) is 0 Å². The van der Waals surface area contributed by atoms with E-state index >= 15 is 0 Å². The Morgan fingerprint density at radius 3 is 2.36 bits per heavy atom. The first kappa shape index (κ1) is 20.9. The summed E-state index contributed by atoms with van der Waals surface area (Å²) in [5.74, 6) is 0.803. The van der Waals surface area contributed by atoms with E-state index < -0.39 is 0 Å². The van der Waals surface area contributed by atoms with E-state index in [2.05, 4.69) is 9.88 Å². The minimum absolute atomic E-state index is 0. The molecule has 1 aliphatic rings. The van der Waals surface area contributed by atoms with Gasteiger partial charge in [0.2, 0.25) is 0 Å². The number of nitrogens with two attached hydrogens (primary N) is 1. The Kier molecular flexibility index (Phi) is 7.80. The maximum atomic E-state index is 12.5. The number of nitrogen functional groups attached to an aromatic ring is 1. The van der Waals surface area contributed by atoms with Gasteiger partial charge in [-0.05, 0) is 24.3 Å². The predicted molar refractivity (Wildman–Crippen MR) is 104 cm³/mol. The van der Waals surface area contributed by atoms with Crippen LogP contribution in [0.15, 0.2) is 42.6 Å². The number of piperazine rings is 1. The van der Waals surface area contributed by atoms with Crippen LogP contribution >= 0.6 is 24.8 Å². The summed E-state index contributed by atoms with van der Waals surface area (Å²) in [7, 11) is 1.67. The second-order valence-electron chi connectivity index (χ2n) is 5.43. The molecule has 0 spiro atoms. The second-order valence-corrected chi connectivity index (χ2v) is 5.43. The van der Waals surface area contributed by atoms with Gasteiger partial charge in [0.05, 0.1) is 24.7 Å². The smallest absolute Gasteiger partial charge is 0.272 e. The maximum absolute atomic E-state index is 12.5. The molecule has 0 atom stereocenters. The molecule has 1 aliphatic heterocycles. The van der Waals surface area contributed by atoms with E-state index in [0.717, 1.165) is 24.5 Å². The average Bonchev–Trinajstić information content (AvgIpc) is 2.62. The number of anilines is 2. The number of hydrogen-bond acceptors (Lipinski definition) is 5. The van der Waals surface area contributed by atoms with Crippen molar-refractivity contribution in [1.82, 2.24) is 9.88 Å². The first-order valence-electron chi connectivity index (χ1n) is 7.58. The van der Waals surface area contributed by atoms with Gasteiger partial charge < -0.3 is 20.3 Å². The molecule has 2 aromatic rings. The van der Waals surface area contributed by atoms with Crippen molar-refractivity contribution >= 4 is 42.1 Å². The number of carbonyl (C=O) groups is 1. The highest BCUT2D eigenvalue weighted by Gasteiger charge is 2.24. The van der Waals surface area contributed by atoms with Crippen LogP contribution in [0.2, 0.25) is 0 Å². The van der Waals surface area contributed by atoms with E-state index in [1.165, 1.54) is 6.20 Å². The van der Waals surface area contributed by atoms with E-state index in [0.29, 0.717) is 24.5 Å². The number of benzene rings is 1. The fourth-order valence-electron chi connectivity index (χ4n) is 2.74. The summed E-state index contributed by atoms with van der Waals surface area (Å²) in [4.78, 5) is 20.6. The zero-order valence-electron chi connectivity index (χ0n) is 13.9. The zero-order chi connectivity index (χ0) is 16.2. The van der Waals surface area contributed by atoms with E-state index in [9.17, 15) is 4.79 Å². The maximum Gasteiger partial charge on any atom is 0.272 e. The number of methoxy groups -OCH3 is 1. The lowest BCUT2D eigenvalue weighted by atomic mass is 10.2. The summed E-state index contributed by atoms with van der Waals surface area (Å²) in [5, 5.41) is 0. The fraction of sp³-hybridized carbons (Fsp3) is 0.294. The van der Waals surface area contributed by atoms with Crippen molar-refractivity contribution in [3.05, 3.63) is 48.3 Å². The Balaban J connectivity index is 0.00000156. The van der Waals surface area contributed by atoms with Gasteiger partial charge in [-0.3, -0.25) is 4.79 Å². The second kappa shape index (κ2) is 9.34. The summed E-state index contributed by atoms with van der Waals surface area (Å²) in [6, 6.07) is 11.3. The first-order chi connectivity index (χ1) is 11.2. The van der Waals surface area contributed by atoms with Crippen molar-refractivity contribution in [3.63, 3.8) is 0 Å². The highest BCUT2D eigenvalue weighted by Crippen LogP contribution is 2.28.